The number of hydrogen-bond acceptors (Lipinski definition) is 3. The Bertz CT molecular complexity index is 165. The summed E-state index contributed by atoms with van der Waals surface area (Å²) >= 11 is 0. The predicted octanol–water partition coefficient (Wildman–Crippen LogP) is -0.116. The van der Waals surface area contributed by atoms with Crippen LogP contribution in [0.4, 0.5) is 0 Å². The molecule has 0 saturated carbocycles. The summed E-state index contributed by atoms with van der Waals surface area (Å²) < 4.78 is 0. The Morgan fingerprint density at radius 1 is 1.00 bits per heavy atom. The molecule has 0 aliphatic rings. The molecule has 0 bridgehead atoms. The van der Waals surface area contributed by atoms with E-state index in [2.05, 4.69) is 0 Å². The molecule has 8 heavy (non-hydrogen) atoms. The van der Waals surface area contributed by atoms with Crippen molar-refractivity contribution in [3.63, 3.8) is 0 Å². The van der Waals surface area contributed by atoms with Gasteiger partial charge in [0.2, 0.25) is 0 Å². The maximum atomic E-state index is 7.97. The molecule has 0 aromatic heterocycles. The van der Waals surface area contributed by atoms with Crippen molar-refractivity contribution < 1.29 is 0 Å². The summed E-state index contributed by atoms with van der Waals surface area (Å²) in [5, 5.41) is 21.9. The molecule has 0 amide bonds. The summed E-state index contributed by atoms with van der Waals surface area (Å²) in [6, 6.07) is 4.00. The number of nitriles is 3. The Balaban J connectivity index is 4.42. The van der Waals surface area contributed by atoms with Crippen LogP contribution in [0.15, 0.2) is 0 Å². The van der Waals surface area contributed by atoms with Crippen LogP contribution in [0.2, 0.25) is 5.31 Å². The molecule has 0 aromatic rings. The summed E-state index contributed by atoms with van der Waals surface area (Å²) in [4.78, 5) is 0. The fourth-order valence-electron chi connectivity index (χ4n) is 0.0750. The molecule has 3 nitrogen and oxygen atoms in total. The highest BCUT2D eigenvalue weighted by molar-refractivity contribution is 6.21. The quantitative estimate of drug-likeness (QED) is 0.399. The number of nitrogens with zero attached hydrogens (tertiary/aromatic N) is 3. The molecule has 2 radical (unpaired) electrons. The van der Waals surface area contributed by atoms with Crippen molar-refractivity contribution in [2.75, 3.05) is 0 Å². The van der Waals surface area contributed by atoms with Gasteiger partial charge in [-0.2, -0.15) is 15.8 Å². The highest BCUT2D eigenvalue weighted by Crippen LogP contribution is 2.14. The van der Waals surface area contributed by atoms with Crippen molar-refractivity contribution in [2.45, 2.75) is 5.31 Å². The molecule has 34 valence electrons. The van der Waals surface area contributed by atoms with Crippen LogP contribution in [-0.4, -0.2) is 7.85 Å². The Labute approximate surface area is 48.2 Å². The minimum absolute atomic E-state index is 1.33. The third kappa shape index (κ3) is 0.998. The first-order chi connectivity index (χ1) is 3.68. The molecule has 0 aromatic carbocycles. The molecule has 0 fully saturated rings. The molecule has 0 saturated heterocycles. The predicted molar refractivity (Wildman–Crippen MR) is 25.3 cm³/mol. The van der Waals surface area contributed by atoms with E-state index in [0.29, 0.717) is 0 Å². The highest BCUT2D eigenvalue weighted by Gasteiger charge is 2.20. The van der Waals surface area contributed by atoms with Gasteiger partial charge in [-0.15, -0.1) is 0 Å². The fourth-order valence-corrected chi connectivity index (χ4v) is 0.0750. The minimum Gasteiger partial charge on any atom is -0.196 e. The van der Waals surface area contributed by atoms with E-state index in [1.165, 1.54) is 18.2 Å². The Morgan fingerprint density at radius 2 is 1.25 bits per heavy atom. The molecule has 4 heteroatoms. The van der Waals surface area contributed by atoms with Crippen molar-refractivity contribution in [1.82, 2.24) is 0 Å². The maximum absolute atomic E-state index is 7.97. The highest BCUT2D eigenvalue weighted by atomic mass is 14.4. The van der Waals surface area contributed by atoms with Gasteiger partial charge < -0.3 is 0 Å². The van der Waals surface area contributed by atoms with Crippen LogP contribution in [0.5, 0.6) is 0 Å². The first-order valence-corrected chi connectivity index (χ1v) is 1.71. The van der Waals surface area contributed by atoms with Crippen molar-refractivity contribution in [3.05, 3.63) is 0 Å². The third-order valence-electron chi connectivity index (χ3n) is 0.529. The van der Waals surface area contributed by atoms with Crippen molar-refractivity contribution in [3.8, 4) is 18.2 Å². The third-order valence-corrected chi connectivity index (χ3v) is 0.529. The van der Waals surface area contributed by atoms with E-state index < -0.39 is 5.31 Å². The smallest absolute Gasteiger partial charge is 0.184 e. The van der Waals surface area contributed by atoms with Crippen LogP contribution in [0.3, 0.4) is 0 Å². The largest absolute Gasteiger partial charge is 0.196 e. The first-order valence-electron chi connectivity index (χ1n) is 1.71. The van der Waals surface area contributed by atoms with Gasteiger partial charge in [0.15, 0.2) is 5.31 Å². The Hall–Kier alpha value is -1.47. The van der Waals surface area contributed by atoms with Gasteiger partial charge >= 0.3 is 0 Å². The van der Waals surface area contributed by atoms with E-state index in [4.69, 9.17) is 23.6 Å². The zero-order valence-corrected chi connectivity index (χ0v) is 3.92. The standard InChI is InChI=1S/C4BN3/c5-4(1-6,2-7)3-8. The van der Waals surface area contributed by atoms with Gasteiger partial charge in [0.1, 0.15) is 7.85 Å². The second-order valence-corrected chi connectivity index (χ2v) is 1.14. The van der Waals surface area contributed by atoms with Gasteiger partial charge in [-0.05, 0) is 0 Å². The average molecular weight is 101 g/mol. The Morgan fingerprint density at radius 3 is 1.25 bits per heavy atom. The molecule has 0 atom stereocenters. The minimum atomic E-state index is -1.96. The summed E-state index contributed by atoms with van der Waals surface area (Å²) in [7, 11) is 4.81. The van der Waals surface area contributed by atoms with Gasteiger partial charge in [-0.3, -0.25) is 0 Å². The van der Waals surface area contributed by atoms with Gasteiger partial charge in [-0.25, -0.2) is 0 Å². The van der Waals surface area contributed by atoms with Crippen LogP contribution in [-0.2, 0) is 0 Å². The van der Waals surface area contributed by atoms with Gasteiger partial charge in [0, 0.05) is 0 Å². The van der Waals surface area contributed by atoms with Gasteiger partial charge in [-0.1, -0.05) is 0 Å². The number of hydrogen-bond donors (Lipinski definition) is 0. The second kappa shape index (κ2) is 2.00. The average Bonchev–Trinajstić information content (AvgIpc) is 1.87. The van der Waals surface area contributed by atoms with Crippen LogP contribution >= 0.6 is 0 Å². The lowest BCUT2D eigenvalue weighted by atomic mass is 9.73. The molecule has 0 aliphatic heterocycles. The van der Waals surface area contributed by atoms with Gasteiger partial charge in [0.25, 0.3) is 0 Å². The van der Waals surface area contributed by atoms with E-state index >= 15 is 0 Å². The molecular formula is C4BN3. The summed E-state index contributed by atoms with van der Waals surface area (Å²) in [6.45, 7) is 0. The second-order valence-electron chi connectivity index (χ2n) is 1.14. The zero-order chi connectivity index (χ0) is 6.62. The SMILES string of the molecule is [B]C(C#N)(C#N)C#N. The van der Waals surface area contributed by atoms with E-state index in [1.54, 1.807) is 0 Å². The molecular weight excluding hydrogens is 101 g/mol. The summed E-state index contributed by atoms with van der Waals surface area (Å²) in [5.41, 5.74) is 0. The van der Waals surface area contributed by atoms with Crippen LogP contribution in [0.1, 0.15) is 0 Å². The van der Waals surface area contributed by atoms with Crippen LogP contribution in [0.25, 0.3) is 0 Å². The van der Waals surface area contributed by atoms with Crippen molar-refractivity contribution >= 4 is 7.85 Å². The normalized spacial score (nSPS) is 8.12. The van der Waals surface area contributed by atoms with Crippen LogP contribution < -0.4 is 0 Å². The van der Waals surface area contributed by atoms with E-state index in [1.807, 2.05) is 0 Å². The lowest BCUT2D eigenvalue weighted by Crippen LogP contribution is -2.01. The summed E-state index contributed by atoms with van der Waals surface area (Å²) in [5.74, 6) is 0. The topological polar surface area (TPSA) is 71.4 Å². The van der Waals surface area contributed by atoms with E-state index in [0.717, 1.165) is 0 Å². The zero-order valence-electron chi connectivity index (χ0n) is 3.92. The monoisotopic (exact) mass is 101 g/mol. The van der Waals surface area contributed by atoms with Crippen molar-refractivity contribution in [1.29, 1.82) is 15.8 Å². The molecule has 0 heterocycles. The lowest BCUT2D eigenvalue weighted by molar-refractivity contribution is 1.12. The maximum Gasteiger partial charge on any atom is 0.184 e. The molecule has 0 aliphatic carbocycles. The fraction of sp³-hybridized carbons (Fsp3) is 0.250. The first kappa shape index (κ1) is 6.53. The Kier molecular flexibility index (Phi) is 1.64. The molecule has 0 N–H and O–H groups in total. The van der Waals surface area contributed by atoms with E-state index in [9.17, 15) is 0 Å². The van der Waals surface area contributed by atoms with Crippen molar-refractivity contribution in [2.24, 2.45) is 0 Å². The van der Waals surface area contributed by atoms with Gasteiger partial charge in [0.05, 0.1) is 18.2 Å². The molecule has 0 rings (SSSR count). The van der Waals surface area contributed by atoms with Crippen LogP contribution in [0, 0.1) is 34.0 Å². The molecule has 0 unspecified atom stereocenters. The lowest BCUT2D eigenvalue weighted by Gasteiger charge is -1.93. The number of rotatable bonds is 0. The molecule has 0 spiro atoms. The summed E-state index contributed by atoms with van der Waals surface area (Å²) in [6.07, 6.45) is 0. The van der Waals surface area contributed by atoms with E-state index in [-0.39, 0.29) is 0 Å².